The Morgan fingerprint density at radius 2 is 2.05 bits per heavy atom. The minimum atomic E-state index is -0.341. The Morgan fingerprint density at radius 1 is 1.40 bits per heavy atom. The molecule has 6 heteroatoms. The van der Waals surface area contributed by atoms with Crippen LogP contribution in [0.2, 0.25) is 5.02 Å². The Hall–Kier alpha value is -1.62. The highest BCUT2D eigenvalue weighted by atomic mass is 35.5. The number of hydrogen-bond donors (Lipinski definition) is 4. The molecule has 1 aromatic carbocycles. The lowest BCUT2D eigenvalue weighted by Gasteiger charge is -2.23. The summed E-state index contributed by atoms with van der Waals surface area (Å²) in [5.74, 6) is -0.155. The number of phenolic OH excluding ortho intramolecular Hbond substituents is 1. The standard InChI is InChI=1S/C14H20ClN3O2/c1-8-10(16)7-11(13(19)12(8)15)18-14(20)17-9-5-3-2-4-6-9/h7,9,19H,2-6,16H2,1H3,(H2,17,18,20). The largest absolute Gasteiger partial charge is 0.504 e. The lowest BCUT2D eigenvalue weighted by molar-refractivity contribution is 0.244. The average molecular weight is 298 g/mol. The number of rotatable bonds is 2. The van der Waals surface area contributed by atoms with Gasteiger partial charge in [0.25, 0.3) is 0 Å². The molecule has 1 aromatic rings. The van der Waals surface area contributed by atoms with Gasteiger partial charge in [0.2, 0.25) is 0 Å². The molecule has 0 aliphatic heterocycles. The average Bonchev–Trinajstić information content (AvgIpc) is 2.43. The molecule has 5 nitrogen and oxygen atoms in total. The van der Waals surface area contributed by atoms with Crippen LogP contribution < -0.4 is 16.4 Å². The number of nitrogens with two attached hydrogens (primary N) is 1. The smallest absolute Gasteiger partial charge is 0.319 e. The van der Waals surface area contributed by atoms with Gasteiger partial charge in [-0.05, 0) is 31.4 Å². The van der Waals surface area contributed by atoms with Gasteiger partial charge in [-0.1, -0.05) is 30.9 Å². The maximum absolute atomic E-state index is 11.9. The number of carbonyl (C=O) groups is 1. The second kappa shape index (κ2) is 6.22. The van der Waals surface area contributed by atoms with Gasteiger partial charge in [-0.15, -0.1) is 0 Å². The molecule has 1 saturated carbocycles. The fourth-order valence-electron chi connectivity index (χ4n) is 2.44. The molecule has 20 heavy (non-hydrogen) atoms. The molecule has 0 radical (unpaired) electrons. The summed E-state index contributed by atoms with van der Waals surface area (Å²) in [4.78, 5) is 11.9. The van der Waals surface area contributed by atoms with Gasteiger partial charge < -0.3 is 21.5 Å². The van der Waals surface area contributed by atoms with Crippen LogP contribution in [0.4, 0.5) is 16.2 Å². The third kappa shape index (κ3) is 3.28. The lowest BCUT2D eigenvalue weighted by Crippen LogP contribution is -2.39. The third-order valence-electron chi connectivity index (χ3n) is 3.71. The number of nitrogens with one attached hydrogen (secondary N) is 2. The van der Waals surface area contributed by atoms with E-state index in [-0.39, 0.29) is 28.5 Å². The Balaban J connectivity index is 2.04. The van der Waals surface area contributed by atoms with Crippen LogP contribution in [-0.2, 0) is 0 Å². The molecular weight excluding hydrogens is 278 g/mol. The van der Waals surface area contributed by atoms with E-state index in [1.807, 2.05) is 0 Å². The summed E-state index contributed by atoms with van der Waals surface area (Å²) in [5.41, 5.74) is 7.04. The van der Waals surface area contributed by atoms with E-state index in [4.69, 9.17) is 17.3 Å². The predicted molar refractivity (Wildman–Crippen MR) is 81.3 cm³/mol. The van der Waals surface area contributed by atoms with Crippen molar-refractivity contribution < 1.29 is 9.90 Å². The summed E-state index contributed by atoms with van der Waals surface area (Å²) < 4.78 is 0. The Bertz CT molecular complexity index is 514. The Morgan fingerprint density at radius 3 is 2.70 bits per heavy atom. The zero-order valence-corrected chi connectivity index (χ0v) is 12.3. The molecule has 1 aliphatic rings. The number of halogens is 1. The van der Waals surface area contributed by atoms with Gasteiger partial charge >= 0.3 is 6.03 Å². The first-order valence-electron chi connectivity index (χ1n) is 6.84. The Labute approximate surface area is 123 Å². The first-order valence-corrected chi connectivity index (χ1v) is 7.22. The minimum Gasteiger partial charge on any atom is -0.504 e. The van der Waals surface area contributed by atoms with E-state index >= 15 is 0 Å². The number of amides is 2. The number of hydrogen-bond acceptors (Lipinski definition) is 3. The van der Waals surface area contributed by atoms with Gasteiger partial charge in [0.15, 0.2) is 5.75 Å². The zero-order valence-electron chi connectivity index (χ0n) is 11.5. The number of nitrogen functional groups attached to an aromatic ring is 1. The molecule has 0 unspecified atom stereocenters. The topological polar surface area (TPSA) is 87.4 Å². The highest BCUT2D eigenvalue weighted by Crippen LogP contribution is 2.37. The number of phenols is 1. The molecule has 2 amide bonds. The number of carbonyl (C=O) groups excluding carboxylic acids is 1. The van der Waals surface area contributed by atoms with E-state index in [1.165, 1.54) is 12.5 Å². The molecule has 0 spiro atoms. The van der Waals surface area contributed by atoms with Crippen LogP contribution in [0.15, 0.2) is 6.07 Å². The van der Waals surface area contributed by atoms with E-state index in [0.29, 0.717) is 11.3 Å². The monoisotopic (exact) mass is 297 g/mol. The first-order chi connectivity index (χ1) is 9.49. The summed E-state index contributed by atoms with van der Waals surface area (Å²) >= 11 is 5.96. The second-order valence-electron chi connectivity index (χ2n) is 5.23. The fourth-order valence-corrected chi connectivity index (χ4v) is 2.65. The molecule has 0 saturated heterocycles. The van der Waals surface area contributed by atoms with Crippen LogP contribution in [0.1, 0.15) is 37.7 Å². The van der Waals surface area contributed by atoms with Crippen molar-refractivity contribution in [2.75, 3.05) is 11.1 Å². The van der Waals surface area contributed by atoms with Crippen molar-refractivity contribution in [3.63, 3.8) is 0 Å². The highest BCUT2D eigenvalue weighted by Gasteiger charge is 2.18. The van der Waals surface area contributed by atoms with Crippen LogP contribution in [0.5, 0.6) is 5.75 Å². The molecule has 0 atom stereocenters. The van der Waals surface area contributed by atoms with Crippen LogP contribution in [0.3, 0.4) is 0 Å². The van der Waals surface area contributed by atoms with E-state index in [0.717, 1.165) is 25.7 Å². The summed E-state index contributed by atoms with van der Waals surface area (Å²) in [6.45, 7) is 1.71. The quantitative estimate of drug-likeness (QED) is 0.383. The molecular formula is C14H20ClN3O2. The zero-order chi connectivity index (χ0) is 14.7. The fraction of sp³-hybridized carbons (Fsp3) is 0.500. The Kier molecular flexibility index (Phi) is 4.60. The number of anilines is 2. The van der Waals surface area contributed by atoms with Crippen LogP contribution in [0, 0.1) is 6.92 Å². The minimum absolute atomic E-state index is 0.155. The van der Waals surface area contributed by atoms with Crippen molar-refractivity contribution >= 4 is 29.0 Å². The van der Waals surface area contributed by atoms with Crippen LogP contribution in [-0.4, -0.2) is 17.2 Å². The van der Waals surface area contributed by atoms with E-state index in [1.54, 1.807) is 6.92 Å². The molecule has 1 fully saturated rings. The number of aromatic hydroxyl groups is 1. The van der Waals surface area contributed by atoms with Crippen molar-refractivity contribution in [2.24, 2.45) is 0 Å². The van der Waals surface area contributed by atoms with E-state index in [9.17, 15) is 9.90 Å². The van der Waals surface area contributed by atoms with Crippen molar-refractivity contribution in [2.45, 2.75) is 45.1 Å². The summed E-state index contributed by atoms with van der Waals surface area (Å²) in [6.07, 6.45) is 5.50. The summed E-state index contributed by atoms with van der Waals surface area (Å²) in [6, 6.07) is 1.37. The molecule has 5 N–H and O–H groups in total. The molecule has 2 rings (SSSR count). The third-order valence-corrected chi connectivity index (χ3v) is 4.18. The van der Waals surface area contributed by atoms with Gasteiger partial charge in [-0.2, -0.15) is 0 Å². The molecule has 0 bridgehead atoms. The number of urea groups is 1. The van der Waals surface area contributed by atoms with Crippen molar-refractivity contribution in [1.82, 2.24) is 5.32 Å². The van der Waals surface area contributed by atoms with E-state index in [2.05, 4.69) is 10.6 Å². The molecule has 0 aromatic heterocycles. The van der Waals surface area contributed by atoms with Crippen molar-refractivity contribution in [1.29, 1.82) is 0 Å². The van der Waals surface area contributed by atoms with Gasteiger partial charge in [-0.25, -0.2) is 4.79 Å². The molecule has 1 aliphatic carbocycles. The lowest BCUT2D eigenvalue weighted by atomic mass is 9.96. The highest BCUT2D eigenvalue weighted by molar-refractivity contribution is 6.33. The summed E-state index contributed by atoms with van der Waals surface area (Å²) in [7, 11) is 0. The van der Waals surface area contributed by atoms with Gasteiger partial charge in [-0.3, -0.25) is 0 Å². The normalized spacial score (nSPS) is 15.9. The van der Waals surface area contributed by atoms with Gasteiger partial charge in [0.05, 0.1) is 10.7 Å². The summed E-state index contributed by atoms with van der Waals surface area (Å²) in [5, 5.41) is 15.6. The first kappa shape index (κ1) is 14.8. The van der Waals surface area contributed by atoms with Crippen LogP contribution >= 0.6 is 11.6 Å². The van der Waals surface area contributed by atoms with Crippen molar-refractivity contribution in [3.05, 3.63) is 16.7 Å². The second-order valence-corrected chi connectivity index (χ2v) is 5.61. The van der Waals surface area contributed by atoms with Gasteiger partial charge in [0, 0.05) is 11.7 Å². The van der Waals surface area contributed by atoms with Gasteiger partial charge in [0.1, 0.15) is 0 Å². The predicted octanol–water partition coefficient (Wildman–Crippen LogP) is 3.39. The van der Waals surface area contributed by atoms with Crippen LogP contribution in [0.25, 0.3) is 0 Å². The number of benzene rings is 1. The maximum Gasteiger partial charge on any atom is 0.319 e. The molecule has 110 valence electrons. The molecule has 0 heterocycles. The van der Waals surface area contributed by atoms with E-state index < -0.39 is 0 Å². The SMILES string of the molecule is Cc1c(N)cc(NC(=O)NC2CCCCC2)c(O)c1Cl. The maximum atomic E-state index is 11.9. The van der Waals surface area contributed by atoms with Crippen molar-refractivity contribution in [3.8, 4) is 5.75 Å².